The van der Waals surface area contributed by atoms with Gasteiger partial charge in [0.1, 0.15) is 11.6 Å². The molecule has 2 aromatic heterocycles. The second kappa shape index (κ2) is 9.48. The normalized spacial score (nSPS) is 17.4. The fraction of sp³-hybridized carbons (Fsp3) is 0.350. The molecule has 0 radical (unpaired) electrons. The van der Waals surface area contributed by atoms with Gasteiger partial charge in [0.2, 0.25) is 0 Å². The largest absolute Gasteiger partial charge is 0.381 e. The molecule has 0 spiro atoms. The third-order valence-corrected chi connectivity index (χ3v) is 5.22. The summed E-state index contributed by atoms with van der Waals surface area (Å²) in [6, 6.07) is 5.76. The van der Waals surface area contributed by atoms with Gasteiger partial charge in [-0.3, -0.25) is 10.7 Å². The Morgan fingerprint density at radius 2 is 2.30 bits per heavy atom. The van der Waals surface area contributed by atoms with Gasteiger partial charge in [0.05, 0.1) is 29.4 Å². The lowest BCUT2D eigenvalue weighted by atomic mass is 10.0. The van der Waals surface area contributed by atoms with E-state index in [9.17, 15) is 9.60 Å². The molecule has 4 rings (SSSR count). The second-order valence-electron chi connectivity index (χ2n) is 7.13. The SMILES string of the molecule is ONC(=Nc1ccc(F)c(Cl)c1)c1ccnc2nc(CNCC3CCCOC3)[nH]c12. The van der Waals surface area contributed by atoms with Crippen LogP contribution < -0.4 is 10.8 Å². The number of aliphatic imine (C=N–C) groups is 1. The summed E-state index contributed by atoms with van der Waals surface area (Å²) in [7, 11) is 0. The minimum absolute atomic E-state index is 0.0494. The van der Waals surface area contributed by atoms with Gasteiger partial charge in [0.15, 0.2) is 11.5 Å². The average Bonchev–Trinajstić information content (AvgIpc) is 3.18. The predicted molar refractivity (Wildman–Crippen MR) is 112 cm³/mol. The molecule has 10 heteroatoms. The molecule has 0 amide bonds. The minimum atomic E-state index is -0.536. The van der Waals surface area contributed by atoms with Gasteiger partial charge in [0.25, 0.3) is 0 Å². The fourth-order valence-electron chi connectivity index (χ4n) is 3.43. The molecule has 1 atom stereocenters. The van der Waals surface area contributed by atoms with Gasteiger partial charge in [-0.2, -0.15) is 0 Å². The summed E-state index contributed by atoms with van der Waals surface area (Å²) in [6.45, 7) is 3.04. The van der Waals surface area contributed by atoms with E-state index in [1.54, 1.807) is 12.3 Å². The van der Waals surface area contributed by atoms with Crippen molar-refractivity contribution in [3.05, 3.63) is 52.7 Å². The highest BCUT2D eigenvalue weighted by Gasteiger charge is 2.15. The molecule has 0 aliphatic carbocycles. The van der Waals surface area contributed by atoms with Crippen LogP contribution in [0.1, 0.15) is 24.2 Å². The van der Waals surface area contributed by atoms with Crippen molar-refractivity contribution in [2.75, 3.05) is 19.8 Å². The molecule has 0 bridgehead atoms. The van der Waals surface area contributed by atoms with Crippen LogP contribution in [0.15, 0.2) is 35.5 Å². The molecule has 3 heterocycles. The van der Waals surface area contributed by atoms with Gasteiger partial charge >= 0.3 is 0 Å². The van der Waals surface area contributed by atoms with Crippen LogP contribution in [-0.2, 0) is 11.3 Å². The molecule has 1 aliphatic rings. The number of H-pyrrole nitrogens is 1. The number of hydrogen-bond acceptors (Lipinski definition) is 6. The number of aromatic nitrogens is 3. The number of rotatable bonds is 6. The summed E-state index contributed by atoms with van der Waals surface area (Å²) < 4.78 is 18.9. The number of hydroxylamine groups is 1. The third kappa shape index (κ3) is 4.76. The third-order valence-electron chi connectivity index (χ3n) is 4.93. The van der Waals surface area contributed by atoms with Crippen LogP contribution in [0.2, 0.25) is 5.02 Å². The molecule has 1 aliphatic heterocycles. The van der Waals surface area contributed by atoms with Gasteiger partial charge in [0, 0.05) is 24.9 Å². The Kier molecular flexibility index (Phi) is 6.53. The quantitative estimate of drug-likeness (QED) is 0.270. The first-order chi connectivity index (χ1) is 14.6. The number of benzene rings is 1. The molecule has 158 valence electrons. The van der Waals surface area contributed by atoms with E-state index >= 15 is 0 Å². The molecule has 1 aromatic carbocycles. The number of nitrogens with one attached hydrogen (secondary N) is 3. The van der Waals surface area contributed by atoms with E-state index in [-0.39, 0.29) is 10.9 Å². The van der Waals surface area contributed by atoms with Crippen molar-refractivity contribution < 1.29 is 14.3 Å². The maximum atomic E-state index is 13.4. The summed E-state index contributed by atoms with van der Waals surface area (Å²) in [6.07, 6.45) is 3.84. The van der Waals surface area contributed by atoms with E-state index in [4.69, 9.17) is 16.3 Å². The number of hydrogen-bond donors (Lipinski definition) is 4. The van der Waals surface area contributed by atoms with Crippen molar-refractivity contribution in [1.82, 2.24) is 25.7 Å². The van der Waals surface area contributed by atoms with Gasteiger partial charge < -0.3 is 15.0 Å². The number of pyridine rings is 1. The first kappa shape index (κ1) is 20.7. The summed E-state index contributed by atoms with van der Waals surface area (Å²) in [5.41, 5.74) is 4.19. The van der Waals surface area contributed by atoms with Crippen LogP contribution in [0.4, 0.5) is 10.1 Å². The van der Waals surface area contributed by atoms with Crippen LogP contribution in [0.5, 0.6) is 0 Å². The van der Waals surface area contributed by atoms with Crippen molar-refractivity contribution in [2.24, 2.45) is 10.9 Å². The van der Waals surface area contributed by atoms with E-state index in [2.05, 4.69) is 30.7 Å². The lowest BCUT2D eigenvalue weighted by Crippen LogP contribution is -2.29. The highest BCUT2D eigenvalue weighted by Crippen LogP contribution is 2.23. The number of amidine groups is 1. The van der Waals surface area contributed by atoms with E-state index < -0.39 is 5.82 Å². The smallest absolute Gasteiger partial charge is 0.178 e. The van der Waals surface area contributed by atoms with Crippen LogP contribution in [0.25, 0.3) is 11.2 Å². The molecular weight excluding hydrogens is 411 g/mol. The molecule has 4 N–H and O–H groups in total. The first-order valence-electron chi connectivity index (χ1n) is 9.70. The molecule has 3 aromatic rings. The average molecular weight is 433 g/mol. The Morgan fingerprint density at radius 3 is 3.07 bits per heavy atom. The van der Waals surface area contributed by atoms with Gasteiger partial charge in [-0.1, -0.05) is 11.6 Å². The molecule has 0 saturated carbocycles. The van der Waals surface area contributed by atoms with Gasteiger partial charge in [-0.05, 0) is 43.0 Å². The van der Waals surface area contributed by atoms with Crippen LogP contribution in [0, 0.1) is 11.7 Å². The van der Waals surface area contributed by atoms with E-state index in [1.807, 2.05) is 0 Å². The Labute approximate surface area is 177 Å². The molecule has 1 fully saturated rings. The number of ether oxygens (including phenoxy) is 1. The first-order valence-corrected chi connectivity index (χ1v) is 10.1. The second-order valence-corrected chi connectivity index (χ2v) is 7.53. The molecule has 1 saturated heterocycles. The van der Waals surface area contributed by atoms with Crippen molar-refractivity contribution >= 4 is 34.3 Å². The number of halogens is 2. The predicted octanol–water partition coefficient (Wildman–Crippen LogP) is 3.32. The highest BCUT2D eigenvalue weighted by atomic mass is 35.5. The van der Waals surface area contributed by atoms with Crippen LogP contribution >= 0.6 is 11.6 Å². The minimum Gasteiger partial charge on any atom is -0.381 e. The number of fused-ring (bicyclic) bond motifs is 1. The highest BCUT2D eigenvalue weighted by molar-refractivity contribution is 6.31. The Hall–Kier alpha value is -2.59. The summed E-state index contributed by atoms with van der Waals surface area (Å²) in [5.74, 6) is 0.860. The van der Waals surface area contributed by atoms with Crippen molar-refractivity contribution in [2.45, 2.75) is 19.4 Å². The number of aromatic amines is 1. The van der Waals surface area contributed by atoms with Crippen molar-refractivity contribution in [3.63, 3.8) is 0 Å². The van der Waals surface area contributed by atoms with Gasteiger partial charge in [-0.25, -0.2) is 19.4 Å². The maximum absolute atomic E-state index is 13.4. The Bertz CT molecular complexity index is 1050. The zero-order chi connectivity index (χ0) is 20.9. The summed E-state index contributed by atoms with van der Waals surface area (Å²) >= 11 is 5.82. The molecule has 1 unspecified atom stereocenters. The van der Waals surface area contributed by atoms with E-state index in [0.717, 1.165) is 38.4 Å². The van der Waals surface area contributed by atoms with Crippen LogP contribution in [-0.4, -0.2) is 45.8 Å². The Balaban J connectivity index is 1.54. The molecule has 30 heavy (non-hydrogen) atoms. The zero-order valence-electron chi connectivity index (χ0n) is 16.2. The van der Waals surface area contributed by atoms with Gasteiger partial charge in [-0.15, -0.1) is 0 Å². The van der Waals surface area contributed by atoms with E-state index in [1.165, 1.54) is 18.2 Å². The lowest BCUT2D eigenvalue weighted by Gasteiger charge is -2.21. The van der Waals surface area contributed by atoms with Crippen molar-refractivity contribution in [1.29, 1.82) is 0 Å². The maximum Gasteiger partial charge on any atom is 0.178 e. The summed E-state index contributed by atoms with van der Waals surface area (Å²) in [5, 5.41) is 13.0. The Morgan fingerprint density at radius 1 is 1.40 bits per heavy atom. The molecule has 8 nitrogen and oxygen atoms in total. The summed E-state index contributed by atoms with van der Waals surface area (Å²) in [4.78, 5) is 16.4. The monoisotopic (exact) mass is 432 g/mol. The van der Waals surface area contributed by atoms with Crippen LogP contribution in [0.3, 0.4) is 0 Å². The lowest BCUT2D eigenvalue weighted by molar-refractivity contribution is 0.0547. The number of nitrogens with zero attached hydrogens (tertiary/aromatic N) is 3. The topological polar surface area (TPSA) is 107 Å². The van der Waals surface area contributed by atoms with E-state index in [0.29, 0.717) is 34.9 Å². The zero-order valence-corrected chi connectivity index (χ0v) is 16.9. The fourth-order valence-corrected chi connectivity index (χ4v) is 3.61. The number of imidazole rings is 1. The molecular formula is C20H22ClFN6O2. The van der Waals surface area contributed by atoms with Crippen molar-refractivity contribution in [3.8, 4) is 0 Å². The standard InChI is InChI=1S/C20H22ClFN6O2/c21-15-8-13(3-4-16(15)22)25-19(28-29)14-5-6-24-20-18(14)26-17(27-20)10-23-9-12-2-1-7-30-11-12/h3-6,8,12,23,29H,1-2,7,9-11H2,(H,25,28)(H,24,26,27).